The van der Waals surface area contributed by atoms with Gasteiger partial charge in [-0.2, -0.15) is 0 Å². The van der Waals surface area contributed by atoms with Crippen molar-refractivity contribution >= 4 is 15.9 Å². The molecule has 3 nitrogen and oxygen atoms in total. The first kappa shape index (κ1) is 13.2. The molecule has 3 rings (SSSR count). The monoisotopic (exact) mass is 329 g/mol. The summed E-state index contributed by atoms with van der Waals surface area (Å²) in [6.07, 6.45) is 3.98. The van der Waals surface area contributed by atoms with Crippen molar-refractivity contribution in [2.24, 2.45) is 5.73 Å². The van der Waals surface area contributed by atoms with E-state index in [0.29, 0.717) is 41.3 Å². The van der Waals surface area contributed by atoms with Crippen molar-refractivity contribution in [1.82, 2.24) is 0 Å². The highest BCUT2D eigenvalue weighted by molar-refractivity contribution is 9.10. The number of hydrogen-bond donors (Lipinski definition) is 1. The molecule has 1 aromatic carbocycles. The quantitative estimate of drug-likeness (QED) is 0.906. The maximum absolute atomic E-state index is 14.6. The molecule has 0 spiro atoms. The van der Waals surface area contributed by atoms with Crippen molar-refractivity contribution in [2.75, 3.05) is 19.8 Å². The Morgan fingerprint density at radius 1 is 1.26 bits per heavy atom. The number of rotatable bonds is 2. The summed E-state index contributed by atoms with van der Waals surface area (Å²) in [5.74, 6) is 0.921. The van der Waals surface area contributed by atoms with Gasteiger partial charge < -0.3 is 15.2 Å². The molecule has 0 radical (unpaired) electrons. The van der Waals surface area contributed by atoms with Crippen LogP contribution in [0.4, 0.5) is 4.39 Å². The maximum atomic E-state index is 14.6. The number of hydrogen-bond acceptors (Lipinski definition) is 3. The molecule has 0 unspecified atom stereocenters. The fourth-order valence-electron chi connectivity index (χ4n) is 3.21. The Bertz CT molecular complexity index is 501. The van der Waals surface area contributed by atoms with Crippen molar-refractivity contribution in [3.63, 3.8) is 0 Å². The van der Waals surface area contributed by atoms with Gasteiger partial charge in [0.2, 0.25) is 0 Å². The normalized spacial score (nSPS) is 20.6. The van der Waals surface area contributed by atoms with Gasteiger partial charge in [-0.15, -0.1) is 0 Å². The van der Waals surface area contributed by atoms with Crippen molar-refractivity contribution in [1.29, 1.82) is 0 Å². The lowest BCUT2D eigenvalue weighted by atomic mass is 9.78. The summed E-state index contributed by atoms with van der Waals surface area (Å²) >= 11 is 3.27. The lowest BCUT2D eigenvalue weighted by molar-refractivity contribution is 0.165. The SMILES string of the molecule is NCC1(c2c(F)c(Br)cc3c2OCCO3)CCCC1. The van der Waals surface area contributed by atoms with Gasteiger partial charge in [-0.05, 0) is 28.8 Å². The molecular formula is C14H17BrFNO2. The summed E-state index contributed by atoms with van der Waals surface area (Å²) in [7, 11) is 0. The second kappa shape index (κ2) is 4.94. The van der Waals surface area contributed by atoms with Crippen LogP contribution in [0.1, 0.15) is 31.2 Å². The second-order valence-electron chi connectivity index (χ2n) is 5.26. The van der Waals surface area contributed by atoms with Crippen molar-refractivity contribution in [2.45, 2.75) is 31.1 Å². The van der Waals surface area contributed by atoms with Crippen molar-refractivity contribution in [3.8, 4) is 11.5 Å². The average Bonchev–Trinajstić information content (AvgIpc) is 2.90. The Labute approximate surface area is 120 Å². The zero-order valence-corrected chi connectivity index (χ0v) is 12.3. The zero-order valence-electron chi connectivity index (χ0n) is 10.7. The van der Waals surface area contributed by atoms with Crippen LogP contribution >= 0.6 is 15.9 Å². The van der Waals surface area contributed by atoms with Crippen molar-refractivity contribution in [3.05, 3.63) is 21.9 Å². The van der Waals surface area contributed by atoms with Gasteiger partial charge in [0.15, 0.2) is 11.5 Å². The fraction of sp³-hybridized carbons (Fsp3) is 0.571. The summed E-state index contributed by atoms with van der Waals surface area (Å²) in [5.41, 5.74) is 6.28. The first-order valence-electron chi connectivity index (χ1n) is 6.66. The minimum absolute atomic E-state index is 0.253. The molecule has 1 heterocycles. The third-order valence-electron chi connectivity index (χ3n) is 4.21. The number of fused-ring (bicyclic) bond motifs is 1. The smallest absolute Gasteiger partial charge is 0.168 e. The van der Waals surface area contributed by atoms with Crippen LogP contribution in [0, 0.1) is 5.82 Å². The molecule has 1 aromatic rings. The Kier molecular flexibility index (Phi) is 3.43. The van der Waals surface area contributed by atoms with Gasteiger partial charge in [0.25, 0.3) is 0 Å². The van der Waals surface area contributed by atoms with Crippen LogP contribution in [-0.2, 0) is 5.41 Å². The summed E-state index contributed by atoms with van der Waals surface area (Å²) in [6.45, 7) is 1.40. The largest absolute Gasteiger partial charge is 0.486 e. The van der Waals surface area contributed by atoms with Gasteiger partial charge in [0, 0.05) is 23.6 Å². The Hall–Kier alpha value is -0.810. The Balaban J connectivity index is 2.21. The van der Waals surface area contributed by atoms with Crippen LogP contribution in [0.15, 0.2) is 10.5 Å². The van der Waals surface area contributed by atoms with Gasteiger partial charge in [-0.1, -0.05) is 12.8 Å². The van der Waals surface area contributed by atoms with Crippen LogP contribution in [0.2, 0.25) is 0 Å². The standard InChI is InChI=1S/C14H17BrFNO2/c15-9-7-10-13(19-6-5-18-10)11(12(9)16)14(8-17)3-1-2-4-14/h7H,1-6,8,17H2. The lowest BCUT2D eigenvalue weighted by Gasteiger charge is -2.33. The molecule has 2 N–H and O–H groups in total. The minimum atomic E-state index is -0.307. The molecule has 2 aliphatic rings. The predicted molar refractivity (Wildman–Crippen MR) is 74.3 cm³/mol. The highest BCUT2D eigenvalue weighted by atomic mass is 79.9. The van der Waals surface area contributed by atoms with E-state index in [0.717, 1.165) is 25.7 Å². The molecule has 0 saturated heterocycles. The average molecular weight is 330 g/mol. The molecule has 0 atom stereocenters. The molecule has 1 aliphatic heterocycles. The van der Waals surface area contributed by atoms with Crippen LogP contribution in [-0.4, -0.2) is 19.8 Å². The molecule has 0 aromatic heterocycles. The molecule has 1 fully saturated rings. The molecule has 104 valence electrons. The van der Waals surface area contributed by atoms with Gasteiger partial charge in [-0.3, -0.25) is 0 Å². The van der Waals surface area contributed by atoms with E-state index >= 15 is 0 Å². The number of halogens is 2. The molecule has 0 amide bonds. The topological polar surface area (TPSA) is 44.5 Å². The highest BCUT2D eigenvalue weighted by Crippen LogP contribution is 2.50. The molecule has 19 heavy (non-hydrogen) atoms. The first-order valence-corrected chi connectivity index (χ1v) is 7.45. The van der Waals surface area contributed by atoms with E-state index in [1.807, 2.05) is 0 Å². The van der Waals surface area contributed by atoms with E-state index in [2.05, 4.69) is 15.9 Å². The van der Waals surface area contributed by atoms with E-state index in [9.17, 15) is 4.39 Å². The van der Waals surface area contributed by atoms with Crippen LogP contribution in [0.25, 0.3) is 0 Å². The summed E-state index contributed by atoms with van der Waals surface area (Å²) in [5, 5.41) is 0. The van der Waals surface area contributed by atoms with Crippen LogP contribution in [0.5, 0.6) is 11.5 Å². The maximum Gasteiger partial charge on any atom is 0.168 e. The van der Waals surface area contributed by atoms with Crippen LogP contribution in [0.3, 0.4) is 0 Å². The Morgan fingerprint density at radius 3 is 2.63 bits per heavy atom. The first-order chi connectivity index (χ1) is 9.18. The van der Waals surface area contributed by atoms with E-state index in [4.69, 9.17) is 15.2 Å². The summed E-state index contributed by atoms with van der Waals surface area (Å²) < 4.78 is 26.3. The molecular weight excluding hydrogens is 313 g/mol. The van der Waals surface area contributed by atoms with Gasteiger partial charge >= 0.3 is 0 Å². The number of nitrogens with two attached hydrogens (primary N) is 1. The highest BCUT2D eigenvalue weighted by Gasteiger charge is 2.41. The third-order valence-corrected chi connectivity index (χ3v) is 4.78. The molecule has 0 bridgehead atoms. The molecule has 5 heteroatoms. The predicted octanol–water partition coefficient (Wildman–Crippen LogP) is 3.13. The zero-order chi connectivity index (χ0) is 13.5. The molecule has 1 saturated carbocycles. The van der Waals surface area contributed by atoms with Gasteiger partial charge in [0.05, 0.1) is 4.47 Å². The van der Waals surface area contributed by atoms with Crippen LogP contribution < -0.4 is 15.2 Å². The van der Waals surface area contributed by atoms with E-state index < -0.39 is 0 Å². The summed E-state index contributed by atoms with van der Waals surface area (Å²) in [4.78, 5) is 0. The Morgan fingerprint density at radius 2 is 1.95 bits per heavy atom. The third kappa shape index (κ3) is 2.03. The minimum Gasteiger partial charge on any atom is -0.486 e. The number of benzene rings is 1. The lowest BCUT2D eigenvalue weighted by Crippen LogP contribution is -2.34. The van der Waals surface area contributed by atoms with Gasteiger partial charge in [0.1, 0.15) is 19.0 Å². The molecule has 1 aliphatic carbocycles. The second-order valence-corrected chi connectivity index (χ2v) is 6.12. The van der Waals surface area contributed by atoms with E-state index in [1.165, 1.54) is 0 Å². The summed E-state index contributed by atoms with van der Waals surface area (Å²) in [6, 6.07) is 1.65. The fourth-order valence-corrected chi connectivity index (χ4v) is 3.62. The number of ether oxygens (including phenoxy) is 2. The van der Waals surface area contributed by atoms with Crippen molar-refractivity contribution < 1.29 is 13.9 Å². The van der Waals surface area contributed by atoms with E-state index in [1.54, 1.807) is 6.07 Å². The van der Waals surface area contributed by atoms with Gasteiger partial charge in [-0.25, -0.2) is 4.39 Å². The van der Waals surface area contributed by atoms with E-state index in [-0.39, 0.29) is 11.2 Å².